The van der Waals surface area contributed by atoms with E-state index < -0.39 is 0 Å². The third-order valence-corrected chi connectivity index (χ3v) is 3.13. The van der Waals surface area contributed by atoms with Gasteiger partial charge in [0, 0.05) is 13.7 Å². The van der Waals surface area contributed by atoms with E-state index in [0.717, 1.165) is 11.1 Å². The highest BCUT2D eigenvalue weighted by molar-refractivity contribution is 5.25. The van der Waals surface area contributed by atoms with Crippen LogP contribution in [-0.2, 0) is 9.47 Å². The first-order valence-corrected chi connectivity index (χ1v) is 6.61. The van der Waals surface area contributed by atoms with Crippen LogP contribution in [-0.4, -0.2) is 13.7 Å². The molecule has 0 aromatic heterocycles. The minimum atomic E-state index is -0.0939. The first-order chi connectivity index (χ1) is 9.36. The Morgan fingerprint density at radius 1 is 0.789 bits per heavy atom. The maximum Gasteiger partial charge on any atom is 0.113 e. The standard InChI is InChI=1S/C17H20O2/c1-3-19-17(15-12-8-5-9-13-15)16(18-2)14-10-6-4-7-11-14/h4-13,16-17H,3H2,1-2H3. The van der Waals surface area contributed by atoms with E-state index in [1.807, 2.05) is 43.3 Å². The smallest absolute Gasteiger partial charge is 0.113 e. The molecule has 0 aliphatic heterocycles. The Kier molecular flexibility index (Phi) is 5.13. The van der Waals surface area contributed by atoms with E-state index in [-0.39, 0.29) is 12.2 Å². The van der Waals surface area contributed by atoms with E-state index in [9.17, 15) is 0 Å². The van der Waals surface area contributed by atoms with Gasteiger partial charge in [-0.05, 0) is 18.1 Å². The number of benzene rings is 2. The third-order valence-electron chi connectivity index (χ3n) is 3.13. The quantitative estimate of drug-likeness (QED) is 0.773. The number of methoxy groups -OCH3 is 1. The van der Waals surface area contributed by atoms with E-state index >= 15 is 0 Å². The summed E-state index contributed by atoms with van der Waals surface area (Å²) in [5.74, 6) is 0. The Bertz CT molecular complexity index is 467. The van der Waals surface area contributed by atoms with Gasteiger partial charge in [0.15, 0.2) is 0 Å². The second kappa shape index (κ2) is 7.07. The lowest BCUT2D eigenvalue weighted by Crippen LogP contribution is -2.16. The Morgan fingerprint density at radius 2 is 1.26 bits per heavy atom. The van der Waals surface area contributed by atoms with Crippen LogP contribution in [0.5, 0.6) is 0 Å². The number of hydrogen-bond acceptors (Lipinski definition) is 2. The van der Waals surface area contributed by atoms with Gasteiger partial charge in [0.25, 0.3) is 0 Å². The van der Waals surface area contributed by atoms with Gasteiger partial charge in [-0.2, -0.15) is 0 Å². The summed E-state index contributed by atoms with van der Waals surface area (Å²) in [4.78, 5) is 0. The van der Waals surface area contributed by atoms with Gasteiger partial charge >= 0.3 is 0 Å². The van der Waals surface area contributed by atoms with Crippen LogP contribution in [0.15, 0.2) is 60.7 Å². The molecule has 2 atom stereocenters. The molecule has 0 aliphatic rings. The van der Waals surface area contributed by atoms with Crippen molar-refractivity contribution in [2.75, 3.05) is 13.7 Å². The summed E-state index contributed by atoms with van der Waals surface area (Å²) in [5, 5.41) is 0. The fourth-order valence-corrected chi connectivity index (χ4v) is 2.26. The second-order valence-electron chi connectivity index (χ2n) is 4.35. The number of rotatable bonds is 6. The zero-order valence-corrected chi connectivity index (χ0v) is 11.5. The highest BCUT2D eigenvalue weighted by atomic mass is 16.5. The summed E-state index contributed by atoms with van der Waals surface area (Å²) in [7, 11) is 1.73. The maximum atomic E-state index is 5.91. The number of ether oxygens (including phenoxy) is 2. The zero-order chi connectivity index (χ0) is 13.5. The predicted octanol–water partition coefficient (Wildman–Crippen LogP) is 4.15. The summed E-state index contributed by atoms with van der Waals surface area (Å²) < 4.78 is 11.6. The molecule has 2 unspecified atom stereocenters. The summed E-state index contributed by atoms with van der Waals surface area (Å²) in [6.07, 6.45) is -0.179. The van der Waals surface area contributed by atoms with Crippen LogP contribution in [0.3, 0.4) is 0 Å². The van der Waals surface area contributed by atoms with Gasteiger partial charge in [0.1, 0.15) is 12.2 Å². The average molecular weight is 256 g/mol. The van der Waals surface area contributed by atoms with Gasteiger partial charge < -0.3 is 9.47 Å². The monoisotopic (exact) mass is 256 g/mol. The molecule has 0 bridgehead atoms. The third kappa shape index (κ3) is 3.43. The summed E-state index contributed by atoms with van der Waals surface area (Å²) in [5.41, 5.74) is 2.27. The fourth-order valence-electron chi connectivity index (χ4n) is 2.26. The maximum absolute atomic E-state index is 5.91. The summed E-state index contributed by atoms with van der Waals surface area (Å²) >= 11 is 0. The molecule has 2 nitrogen and oxygen atoms in total. The van der Waals surface area contributed by atoms with Crippen molar-refractivity contribution >= 4 is 0 Å². The van der Waals surface area contributed by atoms with E-state index in [2.05, 4.69) is 24.3 Å². The van der Waals surface area contributed by atoms with Crippen LogP contribution >= 0.6 is 0 Å². The van der Waals surface area contributed by atoms with Crippen molar-refractivity contribution in [3.8, 4) is 0 Å². The van der Waals surface area contributed by atoms with Crippen molar-refractivity contribution in [2.24, 2.45) is 0 Å². The van der Waals surface area contributed by atoms with Gasteiger partial charge in [0.05, 0.1) is 0 Å². The lowest BCUT2D eigenvalue weighted by atomic mass is 9.98. The molecule has 19 heavy (non-hydrogen) atoms. The van der Waals surface area contributed by atoms with Gasteiger partial charge in [0.2, 0.25) is 0 Å². The van der Waals surface area contributed by atoms with Crippen molar-refractivity contribution < 1.29 is 9.47 Å². The van der Waals surface area contributed by atoms with Crippen molar-refractivity contribution in [1.29, 1.82) is 0 Å². The van der Waals surface area contributed by atoms with Gasteiger partial charge in [-0.1, -0.05) is 60.7 Å². The summed E-state index contributed by atoms with van der Waals surface area (Å²) in [6.45, 7) is 2.67. The van der Waals surface area contributed by atoms with Crippen LogP contribution in [0.1, 0.15) is 30.3 Å². The Morgan fingerprint density at radius 3 is 1.68 bits per heavy atom. The number of hydrogen-bond donors (Lipinski definition) is 0. The first-order valence-electron chi connectivity index (χ1n) is 6.61. The Hall–Kier alpha value is -1.64. The minimum absolute atomic E-state index is 0.0846. The zero-order valence-electron chi connectivity index (χ0n) is 11.5. The average Bonchev–Trinajstić information content (AvgIpc) is 2.49. The molecule has 0 amide bonds. The molecule has 0 N–H and O–H groups in total. The van der Waals surface area contributed by atoms with Crippen molar-refractivity contribution in [2.45, 2.75) is 19.1 Å². The molecular formula is C17H20O2. The predicted molar refractivity (Wildman–Crippen MR) is 77.0 cm³/mol. The van der Waals surface area contributed by atoms with Crippen molar-refractivity contribution in [1.82, 2.24) is 0 Å². The van der Waals surface area contributed by atoms with Crippen LogP contribution in [0.2, 0.25) is 0 Å². The minimum Gasteiger partial charge on any atom is -0.374 e. The molecule has 0 aliphatic carbocycles. The lowest BCUT2D eigenvalue weighted by Gasteiger charge is -2.26. The molecular weight excluding hydrogens is 236 g/mol. The van der Waals surface area contributed by atoms with E-state index in [1.165, 1.54) is 0 Å². The highest BCUT2D eigenvalue weighted by Crippen LogP contribution is 2.34. The molecule has 0 spiro atoms. The molecule has 0 saturated heterocycles. The molecule has 2 aromatic rings. The molecule has 0 heterocycles. The normalized spacial score (nSPS) is 14.0. The molecule has 2 rings (SSSR count). The SMILES string of the molecule is CCOC(c1ccccc1)C(OC)c1ccccc1. The van der Waals surface area contributed by atoms with Crippen LogP contribution in [0.4, 0.5) is 0 Å². The lowest BCUT2D eigenvalue weighted by molar-refractivity contribution is -0.0568. The van der Waals surface area contributed by atoms with Crippen LogP contribution in [0.25, 0.3) is 0 Å². The molecule has 100 valence electrons. The molecule has 2 aromatic carbocycles. The van der Waals surface area contributed by atoms with Gasteiger partial charge in [-0.15, -0.1) is 0 Å². The van der Waals surface area contributed by atoms with Crippen molar-refractivity contribution in [3.63, 3.8) is 0 Å². The van der Waals surface area contributed by atoms with Crippen molar-refractivity contribution in [3.05, 3.63) is 71.8 Å². The largest absolute Gasteiger partial charge is 0.374 e. The molecule has 0 fully saturated rings. The topological polar surface area (TPSA) is 18.5 Å². The first kappa shape index (κ1) is 13.8. The van der Waals surface area contributed by atoms with E-state index in [0.29, 0.717) is 6.61 Å². The summed E-state index contributed by atoms with van der Waals surface area (Å²) in [6, 6.07) is 20.4. The molecule has 0 radical (unpaired) electrons. The van der Waals surface area contributed by atoms with Gasteiger partial charge in [-0.3, -0.25) is 0 Å². The Labute approximate surface area is 115 Å². The van der Waals surface area contributed by atoms with E-state index in [1.54, 1.807) is 7.11 Å². The fraction of sp³-hybridized carbons (Fsp3) is 0.294. The molecule has 0 saturated carbocycles. The van der Waals surface area contributed by atoms with Crippen LogP contribution < -0.4 is 0 Å². The van der Waals surface area contributed by atoms with Crippen LogP contribution in [0, 0.1) is 0 Å². The highest BCUT2D eigenvalue weighted by Gasteiger charge is 2.24. The van der Waals surface area contributed by atoms with E-state index in [4.69, 9.17) is 9.47 Å². The Balaban J connectivity index is 2.31. The second-order valence-corrected chi connectivity index (χ2v) is 4.35. The van der Waals surface area contributed by atoms with Gasteiger partial charge in [-0.25, -0.2) is 0 Å². The molecule has 2 heteroatoms.